The number of halogens is 1. The van der Waals surface area contributed by atoms with Gasteiger partial charge in [0, 0.05) is 21.1 Å². The minimum Gasteiger partial charge on any atom is -0.443 e. The van der Waals surface area contributed by atoms with E-state index in [1.165, 1.54) is 4.57 Å². The first-order valence-corrected chi connectivity index (χ1v) is 9.12. The normalized spacial score (nSPS) is 11.6. The molecule has 0 saturated carbocycles. The van der Waals surface area contributed by atoms with Crippen LogP contribution in [-0.4, -0.2) is 22.0 Å². The summed E-state index contributed by atoms with van der Waals surface area (Å²) in [5, 5.41) is 0.737. The molecule has 134 valence electrons. The van der Waals surface area contributed by atoms with Crippen molar-refractivity contribution in [1.82, 2.24) is 4.57 Å². The molecule has 0 unspecified atom stereocenters. The highest BCUT2D eigenvalue weighted by atomic mass is 79.9. The summed E-state index contributed by atoms with van der Waals surface area (Å²) in [5.74, 6) is -0.123. The van der Waals surface area contributed by atoms with Crippen LogP contribution in [0.2, 0.25) is 0 Å². The van der Waals surface area contributed by atoms with Gasteiger partial charge < -0.3 is 4.74 Å². The van der Waals surface area contributed by atoms with Crippen LogP contribution in [0.3, 0.4) is 0 Å². The third-order valence-corrected chi connectivity index (χ3v) is 4.49. The van der Waals surface area contributed by atoms with Gasteiger partial charge in [-0.2, -0.15) is 0 Å². The number of nitrogens with zero attached hydrogens (tertiary/aromatic N) is 1. The molecule has 3 aromatic rings. The Morgan fingerprint density at radius 2 is 1.73 bits per heavy atom. The van der Waals surface area contributed by atoms with Crippen LogP contribution in [0.1, 0.15) is 42.4 Å². The molecule has 0 aliphatic carbocycles. The van der Waals surface area contributed by atoms with Crippen molar-refractivity contribution < 1.29 is 14.3 Å². The average Bonchev–Trinajstić information content (AvgIpc) is 2.84. The zero-order chi connectivity index (χ0) is 19.1. The van der Waals surface area contributed by atoms with Crippen LogP contribution in [-0.2, 0) is 4.74 Å². The molecule has 0 atom stereocenters. The van der Waals surface area contributed by atoms with Gasteiger partial charge in [-0.1, -0.05) is 46.3 Å². The highest BCUT2D eigenvalue weighted by molar-refractivity contribution is 9.10. The van der Waals surface area contributed by atoms with Gasteiger partial charge in [0.15, 0.2) is 5.78 Å². The number of fused-ring (bicyclic) bond motifs is 1. The summed E-state index contributed by atoms with van der Waals surface area (Å²) in [7, 11) is 0. The van der Waals surface area contributed by atoms with E-state index >= 15 is 0 Å². The molecule has 2 aromatic carbocycles. The predicted molar refractivity (Wildman–Crippen MR) is 106 cm³/mol. The van der Waals surface area contributed by atoms with E-state index in [1.807, 2.05) is 57.2 Å². The number of aromatic nitrogens is 1. The highest BCUT2D eigenvalue weighted by Crippen LogP contribution is 2.29. The summed E-state index contributed by atoms with van der Waals surface area (Å²) in [5.41, 5.74) is 1.70. The van der Waals surface area contributed by atoms with Gasteiger partial charge >= 0.3 is 6.09 Å². The number of ether oxygens (including phenoxy) is 1. The second-order valence-electron chi connectivity index (χ2n) is 7.13. The lowest BCUT2D eigenvalue weighted by molar-refractivity contribution is 0.0541. The first-order chi connectivity index (χ1) is 12.2. The maximum Gasteiger partial charge on any atom is 0.419 e. The molecule has 26 heavy (non-hydrogen) atoms. The smallest absolute Gasteiger partial charge is 0.419 e. The summed E-state index contributed by atoms with van der Waals surface area (Å²) in [4.78, 5) is 25.9. The maximum atomic E-state index is 13.2. The van der Waals surface area contributed by atoms with Gasteiger partial charge in [0.1, 0.15) is 5.60 Å². The predicted octanol–water partition coefficient (Wildman–Crippen LogP) is 5.73. The first-order valence-electron chi connectivity index (χ1n) is 8.33. The van der Waals surface area contributed by atoms with E-state index in [0.29, 0.717) is 22.3 Å². The molecule has 0 N–H and O–H groups in total. The molecule has 0 bridgehead atoms. The Morgan fingerprint density at radius 3 is 2.38 bits per heavy atom. The maximum absolute atomic E-state index is 13.2. The zero-order valence-electron chi connectivity index (χ0n) is 15.2. The molecule has 4 nitrogen and oxygen atoms in total. The largest absolute Gasteiger partial charge is 0.443 e. The summed E-state index contributed by atoms with van der Waals surface area (Å²) in [6.45, 7) is 7.23. The van der Waals surface area contributed by atoms with E-state index < -0.39 is 11.7 Å². The van der Waals surface area contributed by atoms with Gasteiger partial charge in [0.05, 0.1) is 11.1 Å². The highest BCUT2D eigenvalue weighted by Gasteiger charge is 2.26. The van der Waals surface area contributed by atoms with Gasteiger partial charge in [-0.3, -0.25) is 4.79 Å². The number of benzene rings is 2. The fourth-order valence-electron chi connectivity index (χ4n) is 2.97. The second-order valence-corrected chi connectivity index (χ2v) is 8.05. The molecule has 1 aromatic heterocycles. The number of para-hydroxylation sites is 1. The summed E-state index contributed by atoms with van der Waals surface area (Å²) in [6.07, 6.45) is -0.487. The topological polar surface area (TPSA) is 48.3 Å². The van der Waals surface area contributed by atoms with Crippen molar-refractivity contribution in [3.05, 3.63) is 69.8 Å². The SMILES string of the molecule is Cc1c(C(=O)c2cccc(Br)c2)c2ccccc2n1C(=O)OC(C)(C)C. The molecular formula is C21H20BrNO3. The van der Waals surface area contributed by atoms with Crippen molar-refractivity contribution in [2.75, 3.05) is 0 Å². The Kier molecular flexibility index (Phi) is 4.76. The fourth-order valence-corrected chi connectivity index (χ4v) is 3.37. The lowest BCUT2D eigenvalue weighted by Crippen LogP contribution is -2.27. The fraction of sp³-hybridized carbons (Fsp3) is 0.238. The lowest BCUT2D eigenvalue weighted by Gasteiger charge is -2.20. The van der Waals surface area contributed by atoms with E-state index in [4.69, 9.17) is 4.74 Å². The first kappa shape index (κ1) is 18.4. The van der Waals surface area contributed by atoms with Crippen LogP contribution in [0, 0.1) is 6.92 Å². The van der Waals surface area contributed by atoms with Gasteiger partial charge in [0.2, 0.25) is 0 Å². The quantitative estimate of drug-likeness (QED) is 0.504. The van der Waals surface area contributed by atoms with Crippen molar-refractivity contribution in [3.63, 3.8) is 0 Å². The third kappa shape index (κ3) is 3.44. The van der Waals surface area contributed by atoms with Crippen LogP contribution >= 0.6 is 15.9 Å². The van der Waals surface area contributed by atoms with Gasteiger partial charge in [-0.05, 0) is 45.9 Å². The third-order valence-electron chi connectivity index (χ3n) is 4.00. The molecule has 0 fully saturated rings. The average molecular weight is 414 g/mol. The van der Waals surface area contributed by atoms with Crippen LogP contribution in [0.15, 0.2) is 53.0 Å². The Labute approximate surface area is 160 Å². The van der Waals surface area contributed by atoms with E-state index in [1.54, 1.807) is 19.1 Å². The molecule has 0 aliphatic heterocycles. The van der Waals surface area contributed by atoms with E-state index in [9.17, 15) is 9.59 Å². The molecule has 0 saturated heterocycles. The Hall–Kier alpha value is -2.40. The number of ketones is 1. The van der Waals surface area contributed by atoms with Gasteiger partial charge in [-0.25, -0.2) is 9.36 Å². The van der Waals surface area contributed by atoms with Gasteiger partial charge in [0.25, 0.3) is 0 Å². The molecular weight excluding hydrogens is 394 g/mol. The molecule has 1 heterocycles. The number of carbonyl (C=O) groups excluding carboxylic acids is 2. The molecule has 3 rings (SSSR count). The Morgan fingerprint density at radius 1 is 1.04 bits per heavy atom. The lowest BCUT2D eigenvalue weighted by atomic mass is 10.0. The van der Waals surface area contributed by atoms with Crippen LogP contribution in [0.4, 0.5) is 4.79 Å². The monoisotopic (exact) mass is 413 g/mol. The minimum absolute atomic E-state index is 0.123. The van der Waals surface area contributed by atoms with E-state index in [2.05, 4.69) is 15.9 Å². The van der Waals surface area contributed by atoms with Crippen molar-refractivity contribution >= 4 is 38.7 Å². The molecule has 0 spiro atoms. The minimum atomic E-state index is -0.622. The van der Waals surface area contributed by atoms with E-state index in [-0.39, 0.29) is 5.78 Å². The van der Waals surface area contributed by atoms with Gasteiger partial charge in [-0.15, -0.1) is 0 Å². The zero-order valence-corrected chi connectivity index (χ0v) is 16.8. The summed E-state index contributed by atoms with van der Waals surface area (Å²) >= 11 is 3.40. The van der Waals surface area contributed by atoms with Crippen LogP contribution in [0.25, 0.3) is 10.9 Å². The summed E-state index contributed by atoms with van der Waals surface area (Å²) < 4.78 is 7.84. The number of rotatable bonds is 2. The number of hydrogen-bond donors (Lipinski definition) is 0. The molecule has 0 radical (unpaired) electrons. The Bertz CT molecular complexity index is 1010. The molecule has 0 amide bonds. The molecule has 5 heteroatoms. The van der Waals surface area contributed by atoms with Crippen molar-refractivity contribution in [3.8, 4) is 0 Å². The second kappa shape index (κ2) is 6.72. The van der Waals surface area contributed by atoms with Crippen LogP contribution < -0.4 is 0 Å². The van der Waals surface area contributed by atoms with E-state index in [0.717, 1.165) is 9.86 Å². The Balaban J connectivity index is 2.20. The van der Waals surface area contributed by atoms with Crippen molar-refractivity contribution in [2.24, 2.45) is 0 Å². The standard InChI is InChI=1S/C21H20BrNO3/c1-13-18(19(24)14-8-7-9-15(22)12-14)16-10-5-6-11-17(16)23(13)20(25)26-21(2,3)4/h5-12H,1-4H3. The van der Waals surface area contributed by atoms with Crippen molar-refractivity contribution in [2.45, 2.75) is 33.3 Å². The summed E-state index contributed by atoms with van der Waals surface area (Å²) in [6, 6.07) is 14.6. The number of hydrogen-bond acceptors (Lipinski definition) is 3. The number of carbonyl (C=O) groups is 2. The molecule has 0 aliphatic rings. The van der Waals surface area contributed by atoms with Crippen LogP contribution in [0.5, 0.6) is 0 Å². The van der Waals surface area contributed by atoms with Crippen molar-refractivity contribution in [1.29, 1.82) is 0 Å².